The van der Waals surface area contributed by atoms with E-state index < -0.39 is 29.1 Å². The summed E-state index contributed by atoms with van der Waals surface area (Å²) < 4.78 is 63.4. The van der Waals surface area contributed by atoms with Gasteiger partial charge in [0.05, 0.1) is 12.2 Å². The molecule has 0 aromatic heterocycles. The van der Waals surface area contributed by atoms with Crippen molar-refractivity contribution in [2.24, 2.45) is 0 Å². The average molecular weight is 392 g/mol. The Morgan fingerprint density at radius 3 is 1.67 bits per heavy atom. The molecule has 0 unspecified atom stereocenters. The van der Waals surface area contributed by atoms with E-state index in [0.717, 1.165) is 26.4 Å². The minimum absolute atomic E-state index is 0.158. The van der Waals surface area contributed by atoms with Crippen molar-refractivity contribution in [1.82, 2.24) is 0 Å². The van der Waals surface area contributed by atoms with Gasteiger partial charge in [-0.2, -0.15) is 8.78 Å². The van der Waals surface area contributed by atoms with Crippen molar-refractivity contribution in [3.63, 3.8) is 0 Å². The third-order valence-corrected chi connectivity index (χ3v) is 4.59. The zero-order chi connectivity index (χ0) is 20.1. The first-order chi connectivity index (χ1) is 12.9. The summed E-state index contributed by atoms with van der Waals surface area (Å²) in [6.07, 6.45) is 9.04. The Bertz CT molecular complexity index is 512. The fourth-order valence-corrected chi connectivity index (χ4v) is 2.92. The van der Waals surface area contributed by atoms with E-state index >= 15 is 0 Å². The SMILES string of the molecule is CCCCCCCCCCCCCOc1c(F)cc(C(F)(F)OC)cc1F. The van der Waals surface area contributed by atoms with Gasteiger partial charge < -0.3 is 9.47 Å². The largest absolute Gasteiger partial charge is 0.488 e. The lowest BCUT2D eigenvalue weighted by Crippen LogP contribution is -2.16. The second-order valence-electron chi connectivity index (χ2n) is 6.87. The number of halogens is 4. The van der Waals surface area contributed by atoms with E-state index in [9.17, 15) is 17.6 Å². The van der Waals surface area contributed by atoms with E-state index in [1.54, 1.807) is 0 Å². The Balaban J connectivity index is 2.20. The molecule has 1 aromatic carbocycles. The highest BCUT2D eigenvalue weighted by atomic mass is 19.3. The standard InChI is InChI=1S/C21H32F4O2/c1-3-4-5-6-7-8-9-10-11-12-13-14-27-20-18(22)15-17(16-19(20)23)21(24,25)26-2/h15-16H,3-14H2,1-2H3. The molecule has 0 N–H and O–H groups in total. The zero-order valence-corrected chi connectivity index (χ0v) is 16.5. The number of ether oxygens (including phenoxy) is 2. The average Bonchev–Trinajstić information content (AvgIpc) is 2.64. The summed E-state index contributed by atoms with van der Waals surface area (Å²) in [4.78, 5) is 0. The van der Waals surface area contributed by atoms with Crippen molar-refractivity contribution in [1.29, 1.82) is 0 Å². The summed E-state index contributed by atoms with van der Waals surface area (Å²) in [7, 11) is 0.771. The molecular formula is C21H32F4O2. The summed E-state index contributed by atoms with van der Waals surface area (Å²) in [6, 6.07) is 1.09. The zero-order valence-electron chi connectivity index (χ0n) is 16.5. The Kier molecular flexibility index (Phi) is 11.4. The van der Waals surface area contributed by atoms with Crippen molar-refractivity contribution in [2.75, 3.05) is 13.7 Å². The molecule has 1 aromatic rings. The van der Waals surface area contributed by atoms with E-state index in [-0.39, 0.29) is 6.61 Å². The Morgan fingerprint density at radius 1 is 0.778 bits per heavy atom. The van der Waals surface area contributed by atoms with Gasteiger partial charge in [0.1, 0.15) is 0 Å². The molecule has 0 bridgehead atoms. The molecule has 0 aliphatic rings. The molecule has 2 nitrogen and oxygen atoms in total. The first kappa shape index (κ1) is 23.7. The maximum absolute atomic E-state index is 13.8. The van der Waals surface area contributed by atoms with Crippen LogP contribution in [0.1, 0.15) is 83.1 Å². The summed E-state index contributed by atoms with van der Waals surface area (Å²) >= 11 is 0. The molecule has 0 radical (unpaired) electrons. The highest BCUT2D eigenvalue weighted by Crippen LogP contribution is 2.33. The van der Waals surface area contributed by atoms with Gasteiger partial charge >= 0.3 is 6.11 Å². The van der Waals surface area contributed by atoms with E-state index in [2.05, 4.69) is 11.7 Å². The highest BCUT2D eigenvalue weighted by Gasteiger charge is 2.33. The lowest BCUT2D eigenvalue weighted by molar-refractivity contribution is -0.231. The first-order valence-corrected chi connectivity index (χ1v) is 9.97. The van der Waals surface area contributed by atoms with Crippen LogP contribution in [-0.2, 0) is 10.8 Å². The fourth-order valence-electron chi connectivity index (χ4n) is 2.92. The second-order valence-corrected chi connectivity index (χ2v) is 6.87. The topological polar surface area (TPSA) is 18.5 Å². The monoisotopic (exact) mass is 392 g/mol. The highest BCUT2D eigenvalue weighted by molar-refractivity contribution is 5.32. The van der Waals surface area contributed by atoms with E-state index in [1.165, 1.54) is 44.9 Å². The molecule has 0 aliphatic carbocycles. The van der Waals surface area contributed by atoms with Crippen LogP contribution in [0.3, 0.4) is 0 Å². The third-order valence-electron chi connectivity index (χ3n) is 4.59. The summed E-state index contributed by atoms with van der Waals surface area (Å²) in [6.45, 7) is 2.37. The molecule has 0 saturated heterocycles. The van der Waals surface area contributed by atoms with Crippen molar-refractivity contribution in [3.8, 4) is 5.75 Å². The van der Waals surface area contributed by atoms with E-state index in [4.69, 9.17) is 4.74 Å². The minimum atomic E-state index is -3.74. The molecule has 27 heavy (non-hydrogen) atoms. The number of rotatable bonds is 15. The van der Waals surface area contributed by atoms with Gasteiger partial charge in [0, 0.05) is 7.11 Å². The number of benzene rings is 1. The van der Waals surface area contributed by atoms with Gasteiger partial charge in [0.15, 0.2) is 17.4 Å². The van der Waals surface area contributed by atoms with Crippen LogP contribution < -0.4 is 4.74 Å². The van der Waals surface area contributed by atoms with Crippen LogP contribution in [0.4, 0.5) is 17.6 Å². The molecule has 0 atom stereocenters. The van der Waals surface area contributed by atoms with Gasteiger partial charge in [-0.25, -0.2) is 8.78 Å². The molecule has 0 heterocycles. The van der Waals surface area contributed by atoms with Crippen LogP contribution in [0.25, 0.3) is 0 Å². The predicted molar refractivity (Wildman–Crippen MR) is 99.2 cm³/mol. The van der Waals surface area contributed by atoms with Crippen LogP contribution in [0.5, 0.6) is 5.75 Å². The van der Waals surface area contributed by atoms with Crippen molar-refractivity contribution in [2.45, 2.75) is 83.7 Å². The van der Waals surface area contributed by atoms with Gasteiger partial charge in [-0.15, -0.1) is 0 Å². The van der Waals surface area contributed by atoms with Gasteiger partial charge in [-0.05, 0) is 18.6 Å². The van der Waals surface area contributed by atoms with Crippen molar-refractivity contribution < 1.29 is 27.0 Å². The number of hydrogen-bond donors (Lipinski definition) is 0. The summed E-state index contributed by atoms with van der Waals surface area (Å²) in [5, 5.41) is 0. The van der Waals surface area contributed by atoms with Crippen LogP contribution in [-0.4, -0.2) is 13.7 Å². The minimum Gasteiger partial charge on any atom is -0.488 e. The van der Waals surface area contributed by atoms with Crippen LogP contribution >= 0.6 is 0 Å². The second kappa shape index (κ2) is 13.0. The lowest BCUT2D eigenvalue weighted by Gasteiger charge is -2.16. The molecule has 6 heteroatoms. The quantitative estimate of drug-likeness (QED) is 0.229. The van der Waals surface area contributed by atoms with Gasteiger partial charge in [-0.3, -0.25) is 0 Å². The van der Waals surface area contributed by atoms with Crippen LogP contribution in [0.15, 0.2) is 12.1 Å². The number of methoxy groups -OCH3 is 1. The number of unbranched alkanes of at least 4 members (excludes halogenated alkanes) is 10. The molecule has 0 aliphatic heterocycles. The van der Waals surface area contributed by atoms with Crippen LogP contribution in [0.2, 0.25) is 0 Å². The molecule has 1 rings (SSSR count). The van der Waals surface area contributed by atoms with E-state index in [0.29, 0.717) is 18.6 Å². The van der Waals surface area contributed by atoms with Crippen molar-refractivity contribution >= 4 is 0 Å². The molecule has 0 spiro atoms. The lowest BCUT2D eigenvalue weighted by atomic mass is 10.1. The molecule has 156 valence electrons. The maximum Gasteiger partial charge on any atom is 0.383 e. The van der Waals surface area contributed by atoms with E-state index in [1.807, 2.05) is 0 Å². The number of hydrogen-bond acceptors (Lipinski definition) is 2. The summed E-state index contributed by atoms with van der Waals surface area (Å²) in [5.74, 6) is -2.91. The van der Waals surface area contributed by atoms with Crippen LogP contribution in [0, 0.1) is 11.6 Å². The molecule has 0 amide bonds. The predicted octanol–water partition coefficient (Wildman–Crippen LogP) is 7.35. The third kappa shape index (κ3) is 8.96. The first-order valence-electron chi connectivity index (χ1n) is 9.97. The summed E-state index contributed by atoms with van der Waals surface area (Å²) in [5.41, 5.74) is -0.873. The smallest absolute Gasteiger partial charge is 0.383 e. The van der Waals surface area contributed by atoms with Gasteiger partial charge in [0.25, 0.3) is 0 Å². The normalized spacial score (nSPS) is 11.8. The van der Waals surface area contributed by atoms with Crippen molar-refractivity contribution in [3.05, 3.63) is 29.3 Å². The number of alkyl halides is 2. The molecular weight excluding hydrogens is 360 g/mol. The maximum atomic E-state index is 13.8. The molecule has 0 saturated carbocycles. The molecule has 0 fully saturated rings. The van der Waals surface area contributed by atoms with Gasteiger partial charge in [-0.1, -0.05) is 71.1 Å². The van der Waals surface area contributed by atoms with Gasteiger partial charge in [0.2, 0.25) is 0 Å². The fraction of sp³-hybridized carbons (Fsp3) is 0.714. The Labute approximate surface area is 160 Å². The Morgan fingerprint density at radius 2 is 1.22 bits per heavy atom. The Hall–Kier alpha value is -1.30.